The van der Waals surface area contributed by atoms with Crippen LogP contribution in [0.15, 0.2) is 5.38 Å². The van der Waals surface area contributed by atoms with Crippen LogP contribution in [0.2, 0.25) is 0 Å². The molecule has 1 aromatic heterocycles. The second-order valence-corrected chi connectivity index (χ2v) is 14.8. The third-order valence-electron chi connectivity index (χ3n) is 7.69. The van der Waals surface area contributed by atoms with Crippen molar-refractivity contribution >= 4 is 41.1 Å². The molecule has 6 atom stereocenters. The number of aliphatic hydroxyl groups is 1. The number of alkyl carbamates (subject to hydrolysis) is 1. The number of carbonyl (C=O) groups excluding carboxylic acids is 5. The zero-order valence-corrected chi connectivity index (χ0v) is 31.7. The Balaban J connectivity index is 3.05. The molecular weight excluding hydrogens is 652 g/mol. The molecule has 1 heterocycles. The van der Waals surface area contributed by atoms with Crippen LogP contribution in [-0.4, -0.2) is 97.5 Å². The Labute approximate surface area is 295 Å². The molecule has 0 saturated carbocycles. The quantitative estimate of drug-likeness (QED) is 0.0978. The Morgan fingerprint density at radius 1 is 0.796 bits per heavy atom. The van der Waals surface area contributed by atoms with Crippen molar-refractivity contribution in [2.45, 2.75) is 106 Å². The number of amides is 5. The topological polar surface area (TPSA) is 197 Å². The first kappa shape index (κ1) is 43.7. The second kappa shape index (κ2) is 22.4. The van der Waals surface area contributed by atoms with E-state index < -0.39 is 59.9 Å². The van der Waals surface area contributed by atoms with Gasteiger partial charge in [-0.05, 0) is 37.5 Å². The SMILES string of the molecule is COCCOC(=O)NC[C@H](NC(=O)[C@@H](C)Cc1nc(C)cs1)C(=O)N[C@@H](CC(C)C)[C@@H](O)C[C@@H](C)C(=O)N[C@H](C(=O)NCC(C)C)C(C)C. The molecule has 6 N–H and O–H groups in total. The van der Waals surface area contributed by atoms with Crippen LogP contribution in [0.4, 0.5) is 4.79 Å². The van der Waals surface area contributed by atoms with Crippen LogP contribution in [0.5, 0.6) is 0 Å². The second-order valence-electron chi connectivity index (χ2n) is 13.9. The maximum Gasteiger partial charge on any atom is 0.407 e. The predicted molar refractivity (Wildman–Crippen MR) is 189 cm³/mol. The van der Waals surface area contributed by atoms with Crippen LogP contribution in [0.25, 0.3) is 0 Å². The summed E-state index contributed by atoms with van der Waals surface area (Å²) in [4.78, 5) is 69.5. The first-order chi connectivity index (χ1) is 22.9. The summed E-state index contributed by atoms with van der Waals surface area (Å²) in [5.41, 5.74) is 0.856. The van der Waals surface area contributed by atoms with E-state index in [-0.39, 0.29) is 49.8 Å². The number of hydrogen-bond donors (Lipinski definition) is 6. The maximum atomic E-state index is 13.7. The van der Waals surface area contributed by atoms with E-state index in [4.69, 9.17) is 9.47 Å². The van der Waals surface area contributed by atoms with Gasteiger partial charge < -0.3 is 41.2 Å². The highest BCUT2D eigenvalue weighted by Gasteiger charge is 2.32. The van der Waals surface area contributed by atoms with Gasteiger partial charge in [0.2, 0.25) is 23.6 Å². The van der Waals surface area contributed by atoms with Gasteiger partial charge in [-0.1, -0.05) is 55.4 Å². The summed E-state index contributed by atoms with van der Waals surface area (Å²) in [5.74, 6) is -2.74. The van der Waals surface area contributed by atoms with Gasteiger partial charge in [0.1, 0.15) is 18.7 Å². The molecule has 5 amide bonds. The molecule has 0 aliphatic heterocycles. The van der Waals surface area contributed by atoms with Crippen molar-refractivity contribution in [1.82, 2.24) is 31.6 Å². The van der Waals surface area contributed by atoms with Crippen molar-refractivity contribution in [3.8, 4) is 0 Å². The Bertz CT molecular complexity index is 1190. The van der Waals surface area contributed by atoms with Crippen molar-refractivity contribution in [3.05, 3.63) is 16.1 Å². The number of hydrogen-bond acceptors (Lipinski definition) is 10. The van der Waals surface area contributed by atoms with Crippen molar-refractivity contribution in [3.63, 3.8) is 0 Å². The number of ether oxygens (including phenoxy) is 2. The molecule has 0 aliphatic carbocycles. The summed E-state index contributed by atoms with van der Waals surface area (Å²) in [6.45, 7) is 17.2. The number of aryl methyl sites for hydroxylation is 1. The Kier molecular flexibility index (Phi) is 20.0. The molecule has 280 valence electrons. The van der Waals surface area contributed by atoms with Gasteiger partial charge in [-0.25, -0.2) is 9.78 Å². The largest absolute Gasteiger partial charge is 0.447 e. The van der Waals surface area contributed by atoms with Crippen LogP contribution in [0.1, 0.15) is 78.9 Å². The standard InChI is InChI=1S/C34H60N6O8S/c1-19(2)13-25(27(41)14-22(7)31(43)40-29(21(5)6)33(45)35-16-20(3)4)38-32(44)26(17-36-34(46)48-12-11-47-10)39-30(42)23(8)15-28-37-24(9)18-49-28/h18-23,25-27,29,41H,11-17H2,1-10H3,(H,35,45)(H,36,46)(H,38,44)(H,39,42)(H,40,43)/t22-,23+,25+,26+,27+,29+/m1/s1. The van der Waals surface area contributed by atoms with Crippen LogP contribution in [-0.2, 0) is 35.1 Å². The third kappa shape index (κ3) is 17.3. The average Bonchev–Trinajstić information content (AvgIpc) is 3.43. The smallest absolute Gasteiger partial charge is 0.407 e. The van der Waals surface area contributed by atoms with E-state index in [0.29, 0.717) is 19.4 Å². The van der Waals surface area contributed by atoms with E-state index in [2.05, 4.69) is 31.6 Å². The van der Waals surface area contributed by atoms with Gasteiger partial charge in [-0.3, -0.25) is 19.2 Å². The number of aliphatic hydroxyl groups excluding tert-OH is 1. The van der Waals surface area contributed by atoms with Crippen LogP contribution in [0.3, 0.4) is 0 Å². The molecule has 0 aromatic carbocycles. The number of nitrogens with one attached hydrogen (secondary N) is 5. The fraction of sp³-hybridized carbons (Fsp3) is 0.765. The average molecular weight is 713 g/mol. The fourth-order valence-electron chi connectivity index (χ4n) is 4.81. The summed E-state index contributed by atoms with van der Waals surface area (Å²) in [5, 5.41) is 27.8. The zero-order valence-electron chi connectivity index (χ0n) is 30.9. The minimum absolute atomic E-state index is 0.00473. The van der Waals surface area contributed by atoms with Crippen LogP contribution in [0, 0.1) is 36.5 Å². The molecule has 1 rings (SSSR count). The van der Waals surface area contributed by atoms with Gasteiger partial charge in [-0.15, -0.1) is 11.3 Å². The Morgan fingerprint density at radius 2 is 1.45 bits per heavy atom. The highest BCUT2D eigenvalue weighted by Crippen LogP contribution is 2.17. The molecule has 14 nitrogen and oxygen atoms in total. The minimum Gasteiger partial charge on any atom is -0.447 e. The zero-order chi connectivity index (χ0) is 37.3. The van der Waals surface area contributed by atoms with Crippen LogP contribution < -0.4 is 26.6 Å². The highest BCUT2D eigenvalue weighted by molar-refractivity contribution is 7.09. The molecule has 0 saturated heterocycles. The van der Waals surface area contributed by atoms with E-state index in [9.17, 15) is 29.1 Å². The molecular formula is C34H60N6O8S. The summed E-state index contributed by atoms with van der Waals surface area (Å²) < 4.78 is 9.92. The van der Waals surface area contributed by atoms with Gasteiger partial charge in [0.05, 0.1) is 30.3 Å². The lowest BCUT2D eigenvalue weighted by atomic mass is 9.91. The molecule has 1 aromatic rings. The number of thiazole rings is 1. The summed E-state index contributed by atoms with van der Waals surface area (Å²) >= 11 is 1.45. The highest BCUT2D eigenvalue weighted by atomic mass is 32.1. The Hall–Kier alpha value is -3.30. The van der Waals surface area contributed by atoms with Crippen LogP contribution >= 0.6 is 11.3 Å². The third-order valence-corrected chi connectivity index (χ3v) is 8.68. The fourth-order valence-corrected chi connectivity index (χ4v) is 5.71. The number of carbonyl (C=O) groups is 5. The van der Waals surface area contributed by atoms with Crippen molar-refractivity contribution in [2.24, 2.45) is 29.6 Å². The van der Waals surface area contributed by atoms with E-state index in [1.165, 1.54) is 18.4 Å². The maximum absolute atomic E-state index is 13.7. The number of nitrogens with zero attached hydrogens (tertiary/aromatic N) is 1. The number of rotatable bonds is 22. The molecule has 49 heavy (non-hydrogen) atoms. The van der Waals surface area contributed by atoms with E-state index >= 15 is 0 Å². The Morgan fingerprint density at radius 3 is 2.00 bits per heavy atom. The van der Waals surface area contributed by atoms with Crippen molar-refractivity contribution in [1.29, 1.82) is 0 Å². The first-order valence-corrected chi connectivity index (χ1v) is 18.0. The molecule has 15 heteroatoms. The molecule has 0 fully saturated rings. The molecule has 0 radical (unpaired) electrons. The van der Waals surface area contributed by atoms with Crippen molar-refractivity contribution in [2.75, 3.05) is 33.4 Å². The van der Waals surface area contributed by atoms with Gasteiger partial charge in [-0.2, -0.15) is 0 Å². The lowest BCUT2D eigenvalue weighted by Crippen LogP contribution is -2.57. The molecule has 0 unspecified atom stereocenters. The van der Waals surface area contributed by atoms with E-state index in [1.54, 1.807) is 13.8 Å². The van der Waals surface area contributed by atoms with Gasteiger partial charge in [0.15, 0.2) is 0 Å². The monoisotopic (exact) mass is 712 g/mol. The summed E-state index contributed by atoms with van der Waals surface area (Å²) in [7, 11) is 1.47. The van der Waals surface area contributed by atoms with Gasteiger partial charge >= 0.3 is 6.09 Å². The minimum atomic E-state index is -1.19. The first-order valence-electron chi connectivity index (χ1n) is 17.1. The summed E-state index contributed by atoms with van der Waals surface area (Å²) in [6, 6.07) is -2.71. The van der Waals surface area contributed by atoms with E-state index in [1.807, 2.05) is 53.8 Å². The summed E-state index contributed by atoms with van der Waals surface area (Å²) in [6.07, 6.45) is -1.16. The van der Waals surface area contributed by atoms with E-state index in [0.717, 1.165) is 10.7 Å². The molecule has 0 bridgehead atoms. The van der Waals surface area contributed by atoms with Gasteiger partial charge in [0, 0.05) is 43.0 Å². The number of aromatic nitrogens is 1. The lowest BCUT2D eigenvalue weighted by Gasteiger charge is -2.30. The van der Waals surface area contributed by atoms with Gasteiger partial charge in [0.25, 0.3) is 0 Å². The molecule has 0 spiro atoms. The lowest BCUT2D eigenvalue weighted by molar-refractivity contribution is -0.133. The molecule has 0 aliphatic rings. The normalized spacial score (nSPS) is 15.1. The van der Waals surface area contributed by atoms with Crippen molar-refractivity contribution < 1.29 is 38.6 Å². The number of methoxy groups -OCH3 is 1. The predicted octanol–water partition coefficient (Wildman–Crippen LogP) is 2.32.